The van der Waals surface area contributed by atoms with Crippen molar-refractivity contribution in [2.24, 2.45) is 7.05 Å². The number of carbonyl (C=O) groups excluding carboxylic acids is 1. The van der Waals surface area contributed by atoms with E-state index in [-0.39, 0.29) is 5.91 Å². The Balaban J connectivity index is 1.46. The van der Waals surface area contributed by atoms with Crippen LogP contribution in [0, 0.1) is 20.8 Å². The third-order valence-electron chi connectivity index (χ3n) is 5.49. The van der Waals surface area contributed by atoms with E-state index in [0.717, 1.165) is 43.7 Å². The molecule has 5 nitrogen and oxygen atoms in total. The first-order valence-electron chi connectivity index (χ1n) is 9.54. The summed E-state index contributed by atoms with van der Waals surface area (Å²) < 4.78 is 1.89. The van der Waals surface area contributed by atoms with Crippen molar-refractivity contribution in [2.45, 2.75) is 52.5 Å². The fraction of sp³-hybridized carbons (Fsp3) is 0.524. The summed E-state index contributed by atoms with van der Waals surface area (Å²) >= 11 is 0. The van der Waals surface area contributed by atoms with E-state index in [4.69, 9.17) is 0 Å². The van der Waals surface area contributed by atoms with E-state index in [1.165, 1.54) is 16.8 Å². The molecule has 0 atom stereocenters. The van der Waals surface area contributed by atoms with E-state index in [0.29, 0.717) is 12.5 Å². The van der Waals surface area contributed by atoms with E-state index in [1.54, 1.807) is 0 Å². The van der Waals surface area contributed by atoms with Crippen molar-refractivity contribution in [2.75, 3.05) is 18.0 Å². The maximum atomic E-state index is 12.4. The van der Waals surface area contributed by atoms with Crippen LogP contribution in [0.5, 0.6) is 0 Å². The third kappa shape index (κ3) is 4.26. The molecule has 1 saturated heterocycles. The van der Waals surface area contributed by atoms with Crippen molar-refractivity contribution in [3.63, 3.8) is 0 Å². The van der Waals surface area contributed by atoms with Gasteiger partial charge >= 0.3 is 0 Å². The van der Waals surface area contributed by atoms with Crippen LogP contribution in [0.1, 0.15) is 41.8 Å². The molecule has 1 fully saturated rings. The normalized spacial score (nSPS) is 15.3. The fourth-order valence-electron chi connectivity index (χ4n) is 3.82. The number of carbonyl (C=O) groups is 1. The Morgan fingerprint density at radius 1 is 1.23 bits per heavy atom. The Morgan fingerprint density at radius 3 is 2.58 bits per heavy atom. The van der Waals surface area contributed by atoms with Crippen LogP contribution in [0.2, 0.25) is 0 Å². The largest absolute Gasteiger partial charge is 0.371 e. The molecule has 0 radical (unpaired) electrons. The van der Waals surface area contributed by atoms with E-state index in [1.807, 2.05) is 18.7 Å². The van der Waals surface area contributed by atoms with Crippen molar-refractivity contribution in [3.05, 3.63) is 46.8 Å². The van der Waals surface area contributed by atoms with Gasteiger partial charge in [-0.3, -0.25) is 9.48 Å². The highest BCUT2D eigenvalue weighted by Gasteiger charge is 2.21. The predicted molar refractivity (Wildman–Crippen MR) is 106 cm³/mol. The second kappa shape index (κ2) is 7.94. The summed E-state index contributed by atoms with van der Waals surface area (Å²) in [7, 11) is 1.95. The summed E-state index contributed by atoms with van der Waals surface area (Å²) in [6, 6.07) is 8.94. The zero-order chi connectivity index (χ0) is 18.7. The van der Waals surface area contributed by atoms with Gasteiger partial charge in [0.15, 0.2) is 0 Å². The first-order chi connectivity index (χ1) is 12.4. The molecule has 1 aromatic carbocycles. The van der Waals surface area contributed by atoms with Gasteiger partial charge in [-0.15, -0.1) is 0 Å². The first-order valence-corrected chi connectivity index (χ1v) is 9.54. The van der Waals surface area contributed by atoms with Crippen molar-refractivity contribution >= 4 is 11.6 Å². The van der Waals surface area contributed by atoms with Gasteiger partial charge in [-0.05, 0) is 63.3 Å². The standard InChI is InChI=1S/C21H30N4O/c1-15-6-5-7-19(14-15)25-12-10-18(11-13-25)22-21(26)9-8-20-16(2)23-24(4)17(20)3/h5-7,14,18H,8-13H2,1-4H3,(H,22,26). The van der Waals surface area contributed by atoms with Gasteiger partial charge < -0.3 is 10.2 Å². The minimum atomic E-state index is 0.154. The Bertz CT molecular complexity index is 772. The number of hydrogen-bond donors (Lipinski definition) is 1. The number of aromatic nitrogens is 2. The summed E-state index contributed by atoms with van der Waals surface area (Å²) in [4.78, 5) is 14.8. The van der Waals surface area contributed by atoms with Crippen LogP contribution in [-0.4, -0.2) is 34.8 Å². The van der Waals surface area contributed by atoms with Gasteiger partial charge in [0, 0.05) is 44.0 Å². The van der Waals surface area contributed by atoms with E-state index < -0.39 is 0 Å². The minimum absolute atomic E-state index is 0.154. The molecule has 0 saturated carbocycles. The molecule has 0 unspecified atom stereocenters. The molecule has 1 N–H and O–H groups in total. The van der Waals surface area contributed by atoms with Crippen LogP contribution in [0.25, 0.3) is 0 Å². The highest BCUT2D eigenvalue weighted by atomic mass is 16.1. The number of rotatable bonds is 5. The molecule has 26 heavy (non-hydrogen) atoms. The number of nitrogens with zero attached hydrogens (tertiary/aromatic N) is 3. The lowest BCUT2D eigenvalue weighted by atomic mass is 10.0. The molecule has 5 heteroatoms. The highest BCUT2D eigenvalue weighted by molar-refractivity contribution is 5.76. The number of nitrogens with one attached hydrogen (secondary N) is 1. The lowest BCUT2D eigenvalue weighted by Gasteiger charge is -2.34. The average molecular weight is 354 g/mol. The molecule has 2 aromatic rings. The highest BCUT2D eigenvalue weighted by Crippen LogP contribution is 2.21. The van der Waals surface area contributed by atoms with Crippen LogP contribution >= 0.6 is 0 Å². The lowest BCUT2D eigenvalue weighted by Crippen LogP contribution is -2.44. The molecule has 2 heterocycles. The van der Waals surface area contributed by atoms with Gasteiger partial charge in [-0.25, -0.2) is 0 Å². The number of anilines is 1. The van der Waals surface area contributed by atoms with E-state index in [2.05, 4.69) is 53.4 Å². The molecular weight excluding hydrogens is 324 g/mol. The van der Waals surface area contributed by atoms with Crippen LogP contribution in [0.15, 0.2) is 24.3 Å². The summed E-state index contributed by atoms with van der Waals surface area (Å²) in [5.41, 5.74) is 5.97. The quantitative estimate of drug-likeness (QED) is 0.898. The average Bonchev–Trinajstić information content (AvgIpc) is 2.86. The SMILES string of the molecule is Cc1cccc(N2CCC(NC(=O)CCc3c(C)nn(C)c3C)CC2)c1. The molecule has 0 bridgehead atoms. The molecule has 1 aliphatic rings. The van der Waals surface area contributed by atoms with Gasteiger partial charge in [-0.1, -0.05) is 12.1 Å². The maximum absolute atomic E-state index is 12.4. The summed E-state index contributed by atoms with van der Waals surface area (Å²) in [5.74, 6) is 0.154. The zero-order valence-electron chi connectivity index (χ0n) is 16.4. The molecule has 1 aromatic heterocycles. The van der Waals surface area contributed by atoms with Crippen molar-refractivity contribution in [1.82, 2.24) is 15.1 Å². The van der Waals surface area contributed by atoms with Gasteiger partial charge in [0.05, 0.1) is 5.69 Å². The predicted octanol–water partition coefficient (Wildman–Crippen LogP) is 3.06. The number of amides is 1. The number of benzene rings is 1. The summed E-state index contributed by atoms with van der Waals surface area (Å²) in [6.07, 6.45) is 3.31. The number of aryl methyl sites for hydroxylation is 3. The van der Waals surface area contributed by atoms with E-state index in [9.17, 15) is 4.79 Å². The number of piperidine rings is 1. The van der Waals surface area contributed by atoms with Crippen molar-refractivity contribution in [3.8, 4) is 0 Å². The Labute approximate surface area is 156 Å². The van der Waals surface area contributed by atoms with Crippen LogP contribution in [-0.2, 0) is 18.3 Å². The summed E-state index contributed by atoms with van der Waals surface area (Å²) in [5, 5.41) is 7.65. The molecule has 140 valence electrons. The van der Waals surface area contributed by atoms with Crippen LogP contribution < -0.4 is 10.2 Å². The fourth-order valence-corrected chi connectivity index (χ4v) is 3.82. The lowest BCUT2D eigenvalue weighted by molar-refractivity contribution is -0.121. The Hall–Kier alpha value is -2.30. The van der Waals surface area contributed by atoms with Crippen LogP contribution in [0.4, 0.5) is 5.69 Å². The van der Waals surface area contributed by atoms with Gasteiger partial charge in [0.1, 0.15) is 0 Å². The summed E-state index contributed by atoms with van der Waals surface area (Å²) in [6.45, 7) is 8.20. The smallest absolute Gasteiger partial charge is 0.220 e. The van der Waals surface area contributed by atoms with E-state index >= 15 is 0 Å². The molecule has 1 aliphatic heterocycles. The maximum Gasteiger partial charge on any atom is 0.220 e. The Kier molecular flexibility index (Phi) is 5.64. The third-order valence-corrected chi connectivity index (χ3v) is 5.49. The molecule has 1 amide bonds. The second-order valence-corrected chi connectivity index (χ2v) is 7.44. The molecule has 0 aliphatic carbocycles. The zero-order valence-corrected chi connectivity index (χ0v) is 16.4. The molecule has 0 spiro atoms. The van der Waals surface area contributed by atoms with Crippen LogP contribution in [0.3, 0.4) is 0 Å². The minimum Gasteiger partial charge on any atom is -0.371 e. The monoisotopic (exact) mass is 354 g/mol. The molecular formula is C21H30N4O. The second-order valence-electron chi connectivity index (χ2n) is 7.44. The van der Waals surface area contributed by atoms with Gasteiger partial charge in [-0.2, -0.15) is 5.10 Å². The van der Waals surface area contributed by atoms with Gasteiger partial charge in [0.25, 0.3) is 0 Å². The first kappa shape index (κ1) is 18.5. The van der Waals surface area contributed by atoms with Crippen molar-refractivity contribution in [1.29, 1.82) is 0 Å². The molecule has 3 rings (SSSR count). The topological polar surface area (TPSA) is 50.2 Å². The number of hydrogen-bond acceptors (Lipinski definition) is 3. The van der Waals surface area contributed by atoms with Gasteiger partial charge in [0.2, 0.25) is 5.91 Å². The van der Waals surface area contributed by atoms with Crippen molar-refractivity contribution < 1.29 is 4.79 Å². The Morgan fingerprint density at radius 2 is 1.96 bits per heavy atom.